The number of carboxylic acids is 1. The first-order valence-corrected chi connectivity index (χ1v) is 10.2. The van der Waals surface area contributed by atoms with Gasteiger partial charge in [-0.15, -0.1) is 11.8 Å². The molecule has 5 atom stereocenters. The van der Waals surface area contributed by atoms with Crippen molar-refractivity contribution in [3.05, 3.63) is 45.0 Å². The molecule has 26 heavy (non-hydrogen) atoms. The summed E-state index contributed by atoms with van der Waals surface area (Å²) in [7, 11) is 0. The summed E-state index contributed by atoms with van der Waals surface area (Å²) >= 11 is 3.49. The predicted molar refractivity (Wildman–Crippen MR) is 105 cm³/mol. The molecule has 0 radical (unpaired) electrons. The number of fused-ring (bicyclic) bond motifs is 1. The number of ketones is 1. The molecule has 1 aromatic rings. The van der Waals surface area contributed by atoms with Crippen molar-refractivity contribution in [3.8, 4) is 0 Å². The summed E-state index contributed by atoms with van der Waals surface area (Å²) in [5.41, 5.74) is 7.14. The maximum absolute atomic E-state index is 12.5. The van der Waals surface area contributed by atoms with Crippen LogP contribution in [0.2, 0.25) is 0 Å². The van der Waals surface area contributed by atoms with Gasteiger partial charge in [0.25, 0.3) is 0 Å². The number of carbonyl (C=O) groups excluding carboxylic acids is 2. The van der Waals surface area contributed by atoms with Gasteiger partial charge in [-0.3, -0.25) is 9.69 Å². The summed E-state index contributed by atoms with van der Waals surface area (Å²) in [5.74, 6) is -1.40. The molecule has 5 unspecified atom stereocenters. The number of hydrogen-bond acceptors (Lipinski definition) is 5. The maximum Gasteiger partial charge on any atom is 0.333 e. The smallest absolute Gasteiger partial charge is 0.333 e. The van der Waals surface area contributed by atoms with Gasteiger partial charge in [-0.05, 0) is 28.2 Å². The van der Waals surface area contributed by atoms with Crippen LogP contribution in [0, 0.1) is 5.92 Å². The van der Waals surface area contributed by atoms with E-state index in [9.17, 15) is 19.5 Å². The number of hydrogen-bond donors (Lipinski definition) is 3. The molecule has 1 saturated carbocycles. The van der Waals surface area contributed by atoms with Crippen LogP contribution in [0.4, 0.5) is 4.79 Å². The summed E-state index contributed by atoms with van der Waals surface area (Å²) in [4.78, 5) is 38.0. The Hall–Kier alpha value is -1.59. The van der Waals surface area contributed by atoms with Gasteiger partial charge in [-0.1, -0.05) is 30.3 Å². The first-order valence-electron chi connectivity index (χ1n) is 8.08. The van der Waals surface area contributed by atoms with Crippen LogP contribution >= 0.6 is 34.4 Å². The molecule has 2 aliphatic heterocycles. The number of nitrogens with zero attached hydrogens (tertiary/aromatic N) is 1. The third-order valence-electron chi connectivity index (χ3n) is 5.02. The normalized spacial score (nSPS) is 32.6. The number of rotatable bonds is 3. The van der Waals surface area contributed by atoms with Crippen LogP contribution in [0.25, 0.3) is 0 Å². The number of carboxylic acid groups (broad SMARTS) is 1. The van der Waals surface area contributed by atoms with Crippen molar-refractivity contribution < 1.29 is 19.5 Å². The highest BCUT2D eigenvalue weighted by molar-refractivity contribution is 14.1. The van der Waals surface area contributed by atoms with E-state index in [1.807, 2.05) is 52.9 Å². The second-order valence-corrected chi connectivity index (χ2v) is 8.93. The Balaban J connectivity index is 1.44. The van der Waals surface area contributed by atoms with Crippen LogP contribution in [-0.2, 0) is 9.59 Å². The molecule has 2 fully saturated rings. The van der Waals surface area contributed by atoms with E-state index >= 15 is 0 Å². The minimum Gasteiger partial charge on any atom is -0.478 e. The lowest BCUT2D eigenvalue weighted by Crippen LogP contribution is -2.65. The zero-order valence-corrected chi connectivity index (χ0v) is 16.4. The number of thioether (sulfide) groups is 1. The van der Waals surface area contributed by atoms with Gasteiger partial charge in [0.1, 0.15) is 12.2 Å². The first-order chi connectivity index (χ1) is 12.4. The molecule has 7 nitrogen and oxygen atoms in total. The Bertz CT molecular complexity index is 831. The number of Topliss-reactive ketones (excluding diaryl/α,β-unsaturated/α-hetero) is 1. The zero-order chi connectivity index (χ0) is 18.6. The summed E-state index contributed by atoms with van der Waals surface area (Å²) in [6.07, 6.45) is -0.419. The predicted octanol–water partition coefficient (Wildman–Crippen LogP) is 1.49. The molecule has 4 N–H and O–H groups in total. The van der Waals surface area contributed by atoms with Crippen molar-refractivity contribution in [3.63, 3.8) is 0 Å². The second kappa shape index (κ2) is 6.54. The summed E-state index contributed by atoms with van der Waals surface area (Å²) in [6, 6.07) is 8.23. The Labute approximate surface area is 167 Å². The van der Waals surface area contributed by atoms with E-state index in [1.54, 1.807) is 0 Å². The van der Waals surface area contributed by atoms with Crippen molar-refractivity contribution in [2.75, 3.05) is 5.75 Å². The summed E-state index contributed by atoms with van der Waals surface area (Å²) in [5, 5.41) is 11.9. The van der Waals surface area contributed by atoms with Crippen LogP contribution in [-0.4, -0.2) is 51.0 Å². The van der Waals surface area contributed by atoms with E-state index in [0.717, 1.165) is 5.56 Å². The molecule has 1 aromatic carbocycles. The van der Waals surface area contributed by atoms with Gasteiger partial charge < -0.3 is 16.2 Å². The molecule has 3 aliphatic rings. The van der Waals surface area contributed by atoms with Crippen molar-refractivity contribution in [1.82, 2.24) is 10.2 Å². The molecule has 9 heteroatoms. The molecule has 1 saturated heterocycles. The van der Waals surface area contributed by atoms with Crippen LogP contribution in [0.3, 0.4) is 0 Å². The molecule has 136 valence electrons. The summed E-state index contributed by atoms with van der Waals surface area (Å²) in [6.45, 7) is 0. The monoisotopic (exact) mass is 485 g/mol. The van der Waals surface area contributed by atoms with E-state index in [4.69, 9.17) is 5.73 Å². The average molecular weight is 485 g/mol. The van der Waals surface area contributed by atoms with Crippen LogP contribution in [0.15, 0.2) is 39.5 Å². The summed E-state index contributed by atoms with van der Waals surface area (Å²) < 4.78 is 0.691. The number of halogens is 1. The lowest BCUT2D eigenvalue weighted by atomic mass is 9.73. The van der Waals surface area contributed by atoms with E-state index in [1.165, 1.54) is 16.7 Å². The molecule has 4 rings (SSSR count). The Morgan fingerprint density at radius 3 is 2.65 bits per heavy atom. The number of benzene rings is 1. The largest absolute Gasteiger partial charge is 0.478 e. The number of nitrogens with two attached hydrogens (primary N) is 1. The minimum absolute atomic E-state index is 0.176. The molecule has 0 bridgehead atoms. The van der Waals surface area contributed by atoms with Gasteiger partial charge in [-0.2, -0.15) is 0 Å². The highest BCUT2D eigenvalue weighted by Crippen LogP contribution is 2.47. The fraction of sp³-hybridized carbons (Fsp3) is 0.353. The molecule has 0 aromatic heterocycles. The maximum atomic E-state index is 12.5. The van der Waals surface area contributed by atoms with Gasteiger partial charge in [0, 0.05) is 14.6 Å². The van der Waals surface area contributed by atoms with E-state index < -0.39 is 24.1 Å². The molecular formula is C17H16IN3O4S. The molecule has 2 heterocycles. The number of urea groups is 1. The zero-order valence-electron chi connectivity index (χ0n) is 13.5. The number of carbonyl (C=O) groups is 3. The van der Waals surface area contributed by atoms with Gasteiger partial charge >= 0.3 is 12.0 Å². The van der Waals surface area contributed by atoms with E-state index in [-0.39, 0.29) is 28.7 Å². The SMILES string of the molecule is NC1C(c2ccccc2)N1C(=O)NC1C(=O)C2C(C(=O)O)=C(I)CSC12. The van der Waals surface area contributed by atoms with E-state index in [0.29, 0.717) is 9.33 Å². The lowest BCUT2D eigenvalue weighted by Gasteiger charge is -2.45. The second-order valence-electron chi connectivity index (χ2n) is 6.46. The highest BCUT2D eigenvalue weighted by Gasteiger charge is 2.58. The molecule has 2 amide bonds. The number of amides is 2. The highest BCUT2D eigenvalue weighted by atomic mass is 127. The van der Waals surface area contributed by atoms with Crippen molar-refractivity contribution in [2.24, 2.45) is 11.7 Å². The minimum atomic E-state index is -1.06. The van der Waals surface area contributed by atoms with Gasteiger partial charge in [-0.25, -0.2) is 9.59 Å². The van der Waals surface area contributed by atoms with Crippen molar-refractivity contribution >= 4 is 52.1 Å². The molecule has 1 aliphatic carbocycles. The first kappa shape index (κ1) is 17.8. The topological polar surface area (TPSA) is 113 Å². The lowest BCUT2D eigenvalue weighted by molar-refractivity contribution is -0.138. The van der Waals surface area contributed by atoms with E-state index in [2.05, 4.69) is 5.32 Å². The molecule has 0 spiro atoms. The van der Waals surface area contributed by atoms with Crippen molar-refractivity contribution in [1.29, 1.82) is 0 Å². The van der Waals surface area contributed by atoms with Crippen molar-refractivity contribution in [2.45, 2.75) is 23.5 Å². The van der Waals surface area contributed by atoms with Crippen LogP contribution in [0.5, 0.6) is 0 Å². The van der Waals surface area contributed by atoms with Crippen LogP contribution in [0.1, 0.15) is 11.6 Å². The fourth-order valence-corrected chi connectivity index (χ4v) is 6.09. The average Bonchev–Trinajstić information content (AvgIpc) is 3.30. The van der Waals surface area contributed by atoms with Gasteiger partial charge in [0.2, 0.25) is 0 Å². The number of aliphatic carboxylic acids is 1. The Morgan fingerprint density at radius 2 is 2.00 bits per heavy atom. The third kappa shape index (κ3) is 2.72. The van der Waals surface area contributed by atoms with Crippen LogP contribution < -0.4 is 11.1 Å². The number of nitrogens with one attached hydrogen (secondary N) is 1. The van der Waals surface area contributed by atoms with Gasteiger partial charge in [0.05, 0.1) is 17.5 Å². The van der Waals surface area contributed by atoms with Gasteiger partial charge in [0.15, 0.2) is 5.78 Å². The third-order valence-corrected chi connectivity index (χ3v) is 7.88. The quantitative estimate of drug-likeness (QED) is 0.442. The molecular weight excluding hydrogens is 469 g/mol. The Morgan fingerprint density at radius 1 is 1.31 bits per heavy atom. The Kier molecular flexibility index (Phi) is 4.48. The standard InChI is InChI=1S/C17H16IN3O4S/c18-8-6-26-14-10(9(8)16(23)24)13(22)11(14)20-17(25)21-12(15(21)19)7-4-2-1-3-5-7/h1-5,10-12,14-15H,6,19H2,(H,20,25)(H,23,24). The fourth-order valence-electron chi connectivity index (χ4n) is 3.63.